The molecule has 2 aliphatic heterocycles. The molecule has 1 aromatic heterocycles. The zero-order valence-electron chi connectivity index (χ0n) is 20.6. The highest BCUT2D eigenvalue weighted by Gasteiger charge is 2.29. The smallest absolute Gasteiger partial charge is 0.318 e. The minimum Gasteiger partial charge on any atom is -0.467 e. The number of benzene rings is 2. The summed E-state index contributed by atoms with van der Waals surface area (Å²) < 4.78 is 5.47. The van der Waals surface area contributed by atoms with E-state index in [0.29, 0.717) is 38.7 Å². The number of anilines is 2. The summed E-state index contributed by atoms with van der Waals surface area (Å²) in [6.45, 7) is 6.02. The second kappa shape index (κ2) is 9.85. The zero-order chi connectivity index (χ0) is 25.2. The van der Waals surface area contributed by atoms with Gasteiger partial charge in [0.15, 0.2) is 0 Å². The number of hydrogen-bond acceptors (Lipinski definition) is 7. The number of aryl methyl sites for hydroxylation is 1. The molecule has 9 nitrogen and oxygen atoms in total. The van der Waals surface area contributed by atoms with Crippen molar-refractivity contribution in [3.63, 3.8) is 0 Å². The van der Waals surface area contributed by atoms with Gasteiger partial charge in [0.25, 0.3) is 0 Å². The van der Waals surface area contributed by atoms with Gasteiger partial charge < -0.3 is 25.2 Å². The van der Waals surface area contributed by atoms with Gasteiger partial charge in [0.1, 0.15) is 5.82 Å². The summed E-state index contributed by atoms with van der Waals surface area (Å²) in [6, 6.07) is 13.2. The molecule has 9 heteroatoms. The van der Waals surface area contributed by atoms with Crippen LogP contribution in [0.15, 0.2) is 48.6 Å². The molecule has 5 rings (SSSR count). The third-order valence-corrected chi connectivity index (χ3v) is 6.92. The number of aromatic nitrogens is 2. The van der Waals surface area contributed by atoms with E-state index in [4.69, 9.17) is 20.4 Å². The van der Waals surface area contributed by atoms with Crippen molar-refractivity contribution in [3.05, 3.63) is 65.4 Å². The summed E-state index contributed by atoms with van der Waals surface area (Å²) in [5, 5.41) is 2.51. The Morgan fingerprint density at radius 1 is 0.972 bits per heavy atom. The summed E-state index contributed by atoms with van der Waals surface area (Å²) >= 11 is 0. The zero-order valence-corrected chi connectivity index (χ0v) is 20.6. The van der Waals surface area contributed by atoms with Crippen LogP contribution in [-0.2, 0) is 22.6 Å². The van der Waals surface area contributed by atoms with Crippen molar-refractivity contribution < 1.29 is 14.3 Å². The highest BCUT2D eigenvalue weighted by atomic mass is 16.5. The van der Waals surface area contributed by atoms with Crippen LogP contribution in [0.5, 0.6) is 6.01 Å². The number of methoxy groups -OCH3 is 1. The number of piperazine rings is 1. The quantitative estimate of drug-likeness (QED) is 0.551. The van der Waals surface area contributed by atoms with Gasteiger partial charge in [-0.3, -0.25) is 9.59 Å². The Morgan fingerprint density at radius 3 is 2.44 bits per heavy atom. The van der Waals surface area contributed by atoms with Gasteiger partial charge in [-0.1, -0.05) is 30.3 Å². The molecular formula is C27H30N6O3. The molecule has 0 saturated carbocycles. The maximum absolute atomic E-state index is 12.3. The lowest BCUT2D eigenvalue weighted by Gasteiger charge is -2.38. The van der Waals surface area contributed by atoms with E-state index in [-0.39, 0.29) is 5.91 Å². The average molecular weight is 487 g/mol. The van der Waals surface area contributed by atoms with Crippen LogP contribution >= 0.6 is 0 Å². The average Bonchev–Trinajstić information content (AvgIpc) is 2.90. The molecule has 2 aliphatic rings. The molecule has 186 valence electrons. The number of hydrogen-bond donors (Lipinski definition) is 1. The molecule has 1 fully saturated rings. The first kappa shape index (κ1) is 23.6. The van der Waals surface area contributed by atoms with Crippen molar-refractivity contribution in [2.75, 3.05) is 49.6 Å². The molecule has 3 aromatic rings. The Balaban J connectivity index is 1.39. The molecule has 0 radical (unpaired) electrons. The molecule has 0 aliphatic carbocycles. The number of fused-ring (bicyclic) bond motifs is 2. The lowest BCUT2D eigenvalue weighted by Crippen LogP contribution is -2.49. The fourth-order valence-corrected chi connectivity index (χ4v) is 5.11. The van der Waals surface area contributed by atoms with Gasteiger partial charge in [0.2, 0.25) is 11.8 Å². The lowest BCUT2D eigenvalue weighted by molar-refractivity contribution is -0.126. The largest absolute Gasteiger partial charge is 0.467 e. The Bertz CT molecular complexity index is 1340. The van der Waals surface area contributed by atoms with Gasteiger partial charge in [0, 0.05) is 61.5 Å². The van der Waals surface area contributed by atoms with Crippen LogP contribution in [0.4, 0.5) is 11.5 Å². The van der Waals surface area contributed by atoms with Crippen LogP contribution in [0.1, 0.15) is 16.8 Å². The molecule has 0 atom stereocenters. The van der Waals surface area contributed by atoms with Crippen molar-refractivity contribution >= 4 is 34.1 Å². The predicted octanol–water partition coefficient (Wildman–Crippen LogP) is 2.20. The number of rotatable bonds is 5. The highest BCUT2D eigenvalue weighted by Crippen LogP contribution is 2.35. The van der Waals surface area contributed by atoms with Crippen LogP contribution in [0.2, 0.25) is 0 Å². The van der Waals surface area contributed by atoms with Gasteiger partial charge in [-0.05, 0) is 30.4 Å². The van der Waals surface area contributed by atoms with Gasteiger partial charge in [0.05, 0.1) is 19.3 Å². The SMILES string of the molecule is COc1nc2c(c(N3CCN(C(=O)/C=C/C(N)=O)CC3)n1)CCN(c1cccc3cccc(C)c13)C2. The Labute approximate surface area is 210 Å². The van der Waals surface area contributed by atoms with E-state index in [0.717, 1.165) is 36.1 Å². The van der Waals surface area contributed by atoms with Gasteiger partial charge in [-0.25, -0.2) is 0 Å². The minimum atomic E-state index is -0.630. The van der Waals surface area contributed by atoms with E-state index in [1.807, 2.05) is 0 Å². The second-order valence-corrected chi connectivity index (χ2v) is 9.13. The Kier molecular flexibility index (Phi) is 6.45. The summed E-state index contributed by atoms with van der Waals surface area (Å²) in [7, 11) is 1.59. The minimum absolute atomic E-state index is 0.211. The number of carbonyl (C=O) groups excluding carboxylic acids is 2. The molecule has 36 heavy (non-hydrogen) atoms. The summed E-state index contributed by atoms with van der Waals surface area (Å²) in [4.78, 5) is 39.0. The Morgan fingerprint density at radius 2 is 1.72 bits per heavy atom. The lowest BCUT2D eigenvalue weighted by atomic mass is 9.99. The van der Waals surface area contributed by atoms with Crippen molar-refractivity contribution in [2.45, 2.75) is 19.9 Å². The van der Waals surface area contributed by atoms with E-state index in [1.165, 1.54) is 28.1 Å². The molecule has 1 saturated heterocycles. The monoisotopic (exact) mass is 486 g/mol. The van der Waals surface area contributed by atoms with E-state index >= 15 is 0 Å². The van der Waals surface area contributed by atoms with Crippen molar-refractivity contribution in [1.29, 1.82) is 0 Å². The van der Waals surface area contributed by atoms with Crippen molar-refractivity contribution in [3.8, 4) is 6.01 Å². The number of nitrogens with two attached hydrogens (primary N) is 1. The standard InChI is InChI=1S/C27H30N6O3/c1-18-5-3-6-19-7-4-8-22(25(18)19)33-12-11-20-21(17-33)29-27(36-2)30-26(20)32-15-13-31(14-16-32)24(35)10-9-23(28)34/h3-10H,11-17H2,1-2H3,(H2,28,34)/b10-9+. The topological polar surface area (TPSA) is 105 Å². The van der Waals surface area contributed by atoms with E-state index in [1.54, 1.807) is 12.0 Å². The van der Waals surface area contributed by atoms with Gasteiger partial charge in [-0.2, -0.15) is 9.97 Å². The molecular weight excluding hydrogens is 456 g/mol. The first-order valence-corrected chi connectivity index (χ1v) is 12.1. The molecule has 2 aromatic carbocycles. The summed E-state index contributed by atoms with van der Waals surface area (Å²) in [6.07, 6.45) is 3.15. The number of amides is 2. The van der Waals surface area contributed by atoms with E-state index < -0.39 is 5.91 Å². The molecule has 2 N–H and O–H groups in total. The normalized spacial score (nSPS) is 15.9. The van der Waals surface area contributed by atoms with Gasteiger partial charge in [-0.15, -0.1) is 0 Å². The number of ether oxygens (including phenoxy) is 1. The van der Waals surface area contributed by atoms with Crippen LogP contribution in [-0.4, -0.2) is 66.5 Å². The van der Waals surface area contributed by atoms with Gasteiger partial charge >= 0.3 is 6.01 Å². The second-order valence-electron chi connectivity index (χ2n) is 9.13. The third kappa shape index (κ3) is 4.56. The van der Waals surface area contributed by atoms with Crippen LogP contribution < -0.4 is 20.3 Å². The maximum atomic E-state index is 12.3. The summed E-state index contributed by atoms with van der Waals surface area (Å²) in [5.74, 6) is 0.0385. The van der Waals surface area contributed by atoms with Crippen molar-refractivity contribution in [1.82, 2.24) is 14.9 Å². The fourth-order valence-electron chi connectivity index (χ4n) is 5.11. The van der Waals surface area contributed by atoms with E-state index in [9.17, 15) is 9.59 Å². The van der Waals surface area contributed by atoms with E-state index in [2.05, 4.69) is 53.1 Å². The first-order chi connectivity index (χ1) is 17.4. The van der Waals surface area contributed by atoms with Crippen LogP contribution in [0.25, 0.3) is 10.8 Å². The first-order valence-electron chi connectivity index (χ1n) is 12.1. The third-order valence-electron chi connectivity index (χ3n) is 6.92. The van der Waals surface area contributed by atoms with Crippen LogP contribution in [0.3, 0.4) is 0 Å². The molecule has 2 amide bonds. The fraction of sp³-hybridized carbons (Fsp3) is 0.333. The molecule has 0 unspecified atom stereocenters. The Hall–Kier alpha value is -4.14. The maximum Gasteiger partial charge on any atom is 0.318 e. The van der Waals surface area contributed by atoms with Crippen molar-refractivity contribution in [2.24, 2.45) is 5.73 Å². The number of carbonyl (C=O) groups is 2. The molecule has 0 spiro atoms. The molecule has 3 heterocycles. The highest BCUT2D eigenvalue weighted by molar-refractivity contribution is 5.97. The predicted molar refractivity (Wildman–Crippen MR) is 139 cm³/mol. The number of nitrogens with zero attached hydrogens (tertiary/aromatic N) is 5. The van der Waals surface area contributed by atoms with Crippen LogP contribution in [0, 0.1) is 6.92 Å². The summed E-state index contributed by atoms with van der Waals surface area (Å²) in [5.41, 5.74) is 9.69. The number of primary amides is 1. The molecule has 0 bridgehead atoms.